The number of pyridine rings is 1. The van der Waals surface area contributed by atoms with Crippen molar-refractivity contribution in [3.05, 3.63) is 23.9 Å². The molecule has 3 heterocycles. The summed E-state index contributed by atoms with van der Waals surface area (Å²) >= 11 is 0. The summed E-state index contributed by atoms with van der Waals surface area (Å²) in [6.45, 7) is 1.17. The van der Waals surface area contributed by atoms with Crippen LogP contribution < -0.4 is 9.46 Å². The zero-order valence-electron chi connectivity index (χ0n) is 16.0. The number of ether oxygens (including phenoxy) is 2. The van der Waals surface area contributed by atoms with Gasteiger partial charge in [-0.1, -0.05) is 12.5 Å². The van der Waals surface area contributed by atoms with Gasteiger partial charge in [0.05, 0.1) is 25.6 Å². The van der Waals surface area contributed by atoms with Crippen LogP contribution in [-0.4, -0.2) is 45.0 Å². The van der Waals surface area contributed by atoms with Crippen LogP contribution >= 0.6 is 0 Å². The number of nitrogens with zero attached hydrogens (tertiary/aromatic N) is 1. The van der Waals surface area contributed by atoms with Crippen molar-refractivity contribution in [3.63, 3.8) is 0 Å². The number of nitrogens with one attached hydrogen (secondary N) is 1. The minimum Gasteiger partial charge on any atom is -0.477 e. The molecule has 0 aromatic carbocycles. The van der Waals surface area contributed by atoms with Crippen LogP contribution in [0.4, 0.5) is 0 Å². The number of aromatic nitrogens is 1. The molecule has 1 N–H and O–H groups in total. The van der Waals surface area contributed by atoms with Crippen molar-refractivity contribution >= 4 is 10.0 Å². The predicted octanol–water partition coefficient (Wildman–Crippen LogP) is 2.85. The molecule has 7 heteroatoms. The van der Waals surface area contributed by atoms with E-state index < -0.39 is 10.0 Å². The first-order chi connectivity index (χ1) is 13.0. The van der Waals surface area contributed by atoms with Gasteiger partial charge in [-0.3, -0.25) is 0 Å². The molecular formula is C20H30N2O4S. The first-order valence-corrected chi connectivity index (χ1v) is 12.1. The van der Waals surface area contributed by atoms with Crippen LogP contribution in [0, 0.1) is 11.8 Å². The van der Waals surface area contributed by atoms with Crippen molar-refractivity contribution < 1.29 is 17.9 Å². The standard InChI is InChI=1S/C20H30N2O4S/c1-27(23,24)22-19-6-2-4-15-12-26-20-17(5-3-11-21-20)14-7-9-16(10-8-14)25-13-18(15)19/h3,5,11,14-16,18-19,22H,2,4,6-10,12-13H2,1H3/t14-,15?,16+,18-,19+/m1/s1. The first kappa shape index (κ1) is 19.2. The fraction of sp³-hybridized carbons (Fsp3) is 0.750. The van der Waals surface area contributed by atoms with Crippen molar-refractivity contribution in [1.82, 2.24) is 9.71 Å². The Morgan fingerprint density at radius 2 is 1.93 bits per heavy atom. The number of sulfonamides is 1. The van der Waals surface area contributed by atoms with Crippen molar-refractivity contribution in [2.45, 2.75) is 63.0 Å². The predicted molar refractivity (Wildman–Crippen MR) is 103 cm³/mol. The number of fused-ring (bicyclic) bond motifs is 4. The normalized spacial score (nSPS) is 34.5. The summed E-state index contributed by atoms with van der Waals surface area (Å²) < 4.78 is 39.1. The molecule has 0 radical (unpaired) electrons. The average molecular weight is 395 g/mol. The van der Waals surface area contributed by atoms with Crippen LogP contribution in [0.1, 0.15) is 56.4 Å². The van der Waals surface area contributed by atoms with Gasteiger partial charge in [-0.05, 0) is 56.4 Å². The molecule has 0 saturated heterocycles. The quantitative estimate of drug-likeness (QED) is 0.835. The molecule has 1 aromatic rings. The summed E-state index contributed by atoms with van der Waals surface area (Å²) in [5.74, 6) is 1.66. The number of hydrogen-bond acceptors (Lipinski definition) is 5. The van der Waals surface area contributed by atoms with E-state index in [0.29, 0.717) is 19.1 Å². The summed E-state index contributed by atoms with van der Waals surface area (Å²) in [6, 6.07) is 4.06. The Labute approximate surface area is 162 Å². The lowest BCUT2D eigenvalue weighted by Crippen LogP contribution is -2.48. The van der Waals surface area contributed by atoms with E-state index in [0.717, 1.165) is 50.8 Å². The Bertz CT molecular complexity index is 746. The second-order valence-electron chi connectivity index (χ2n) is 8.37. The molecule has 3 atom stereocenters. The van der Waals surface area contributed by atoms with Crippen LogP contribution in [0.3, 0.4) is 0 Å². The minimum atomic E-state index is -3.24. The Hall–Kier alpha value is -1.18. The second kappa shape index (κ2) is 8.05. The number of rotatable bonds is 2. The maximum atomic E-state index is 11.8. The number of hydrogen-bond donors (Lipinski definition) is 1. The highest BCUT2D eigenvalue weighted by Crippen LogP contribution is 2.40. The maximum Gasteiger partial charge on any atom is 0.216 e. The van der Waals surface area contributed by atoms with Crippen LogP contribution in [0.15, 0.2) is 18.3 Å². The lowest BCUT2D eigenvalue weighted by molar-refractivity contribution is -0.0302. The first-order valence-electron chi connectivity index (χ1n) is 10.2. The van der Waals surface area contributed by atoms with E-state index in [1.807, 2.05) is 6.07 Å². The molecule has 1 unspecified atom stereocenters. The molecule has 4 aliphatic rings. The van der Waals surface area contributed by atoms with Gasteiger partial charge in [0.1, 0.15) is 0 Å². The van der Waals surface area contributed by atoms with Crippen molar-refractivity contribution in [1.29, 1.82) is 0 Å². The zero-order chi connectivity index (χ0) is 18.9. The van der Waals surface area contributed by atoms with E-state index in [-0.39, 0.29) is 24.0 Å². The molecule has 5 rings (SSSR count). The summed E-state index contributed by atoms with van der Waals surface area (Å²) in [5, 5.41) is 0. The van der Waals surface area contributed by atoms with Gasteiger partial charge >= 0.3 is 0 Å². The molecule has 2 fully saturated rings. The third kappa shape index (κ3) is 4.63. The Morgan fingerprint density at radius 3 is 2.70 bits per heavy atom. The highest BCUT2D eigenvalue weighted by Gasteiger charge is 2.37. The van der Waals surface area contributed by atoms with Crippen LogP contribution in [0.2, 0.25) is 0 Å². The molecule has 0 amide bonds. The van der Waals surface area contributed by atoms with Gasteiger partial charge in [0.2, 0.25) is 15.9 Å². The maximum absolute atomic E-state index is 11.8. The summed E-state index contributed by atoms with van der Waals surface area (Å²) in [7, 11) is -3.24. The van der Waals surface area contributed by atoms with Crippen molar-refractivity contribution in [2.75, 3.05) is 19.5 Å². The average Bonchev–Trinajstić information content (AvgIpc) is 2.64. The van der Waals surface area contributed by atoms with Gasteiger partial charge in [0.15, 0.2) is 0 Å². The van der Waals surface area contributed by atoms with E-state index in [1.54, 1.807) is 6.20 Å². The van der Waals surface area contributed by atoms with E-state index in [1.165, 1.54) is 11.8 Å². The van der Waals surface area contributed by atoms with Crippen LogP contribution in [0.25, 0.3) is 0 Å². The van der Waals surface area contributed by atoms with E-state index in [4.69, 9.17) is 9.47 Å². The Balaban J connectivity index is 1.60. The summed E-state index contributed by atoms with van der Waals surface area (Å²) in [6.07, 6.45) is 10.5. The molecule has 2 aliphatic heterocycles. The topological polar surface area (TPSA) is 77.5 Å². The van der Waals surface area contributed by atoms with Gasteiger partial charge in [0.25, 0.3) is 0 Å². The molecule has 1 aromatic heterocycles. The third-order valence-corrected chi connectivity index (χ3v) is 7.18. The van der Waals surface area contributed by atoms with E-state index in [9.17, 15) is 8.42 Å². The lowest BCUT2D eigenvalue weighted by Gasteiger charge is -2.40. The Morgan fingerprint density at radius 1 is 1.11 bits per heavy atom. The fourth-order valence-electron chi connectivity index (χ4n) is 5.05. The van der Waals surface area contributed by atoms with Gasteiger partial charge in [-0.15, -0.1) is 0 Å². The lowest BCUT2D eigenvalue weighted by atomic mass is 9.76. The molecule has 2 aliphatic carbocycles. The van der Waals surface area contributed by atoms with Gasteiger partial charge in [0, 0.05) is 23.7 Å². The monoisotopic (exact) mass is 394 g/mol. The zero-order valence-corrected chi connectivity index (χ0v) is 16.8. The summed E-state index contributed by atoms with van der Waals surface area (Å²) in [4.78, 5) is 4.51. The summed E-state index contributed by atoms with van der Waals surface area (Å²) in [5.41, 5.74) is 1.22. The molecular weight excluding hydrogens is 364 g/mol. The van der Waals surface area contributed by atoms with E-state index >= 15 is 0 Å². The highest BCUT2D eigenvalue weighted by molar-refractivity contribution is 7.88. The SMILES string of the molecule is CS(=O)(=O)N[C@H]1CCCC2COc3ncccc3[C@H]3CC[C@H](CC3)OC[C@H]21. The molecule has 2 saturated carbocycles. The molecule has 6 nitrogen and oxygen atoms in total. The minimum absolute atomic E-state index is 0.0789. The van der Waals surface area contributed by atoms with Gasteiger partial charge < -0.3 is 9.47 Å². The molecule has 150 valence electrons. The second-order valence-corrected chi connectivity index (χ2v) is 10.1. The molecule has 27 heavy (non-hydrogen) atoms. The third-order valence-electron chi connectivity index (χ3n) is 6.45. The Kier molecular flexibility index (Phi) is 5.71. The largest absolute Gasteiger partial charge is 0.477 e. The van der Waals surface area contributed by atoms with Gasteiger partial charge in [-0.2, -0.15) is 0 Å². The highest BCUT2D eigenvalue weighted by atomic mass is 32.2. The molecule has 0 spiro atoms. The van der Waals surface area contributed by atoms with Crippen LogP contribution in [-0.2, 0) is 14.8 Å². The van der Waals surface area contributed by atoms with Crippen LogP contribution in [0.5, 0.6) is 5.88 Å². The van der Waals surface area contributed by atoms with Gasteiger partial charge in [-0.25, -0.2) is 18.1 Å². The van der Waals surface area contributed by atoms with E-state index in [2.05, 4.69) is 15.8 Å². The smallest absolute Gasteiger partial charge is 0.216 e. The fourth-order valence-corrected chi connectivity index (χ4v) is 5.89. The molecule has 2 bridgehead atoms. The van der Waals surface area contributed by atoms with Crippen molar-refractivity contribution in [2.24, 2.45) is 11.8 Å². The van der Waals surface area contributed by atoms with Crippen molar-refractivity contribution in [3.8, 4) is 5.88 Å².